The van der Waals surface area contributed by atoms with Crippen LogP contribution in [0.1, 0.15) is 36.0 Å². The molecule has 0 spiro atoms. The molecular formula is C19H23Cl2N5O. The molecule has 0 bridgehead atoms. The third-order valence-electron chi connectivity index (χ3n) is 4.79. The molecular weight excluding hydrogens is 385 g/mol. The largest absolute Gasteiger partial charge is 0.349 e. The maximum atomic E-state index is 12.5. The normalized spacial score (nSPS) is 19.0. The summed E-state index contributed by atoms with van der Waals surface area (Å²) in [7, 11) is 0. The highest BCUT2D eigenvalue weighted by Gasteiger charge is 2.21. The molecule has 1 aromatic carbocycles. The summed E-state index contributed by atoms with van der Waals surface area (Å²) >= 11 is 0. The number of amides is 1. The Morgan fingerprint density at radius 2 is 1.78 bits per heavy atom. The number of fused-ring (bicyclic) bond motifs is 1. The van der Waals surface area contributed by atoms with E-state index in [2.05, 4.69) is 15.3 Å². The Bertz CT molecular complexity index is 892. The van der Waals surface area contributed by atoms with Gasteiger partial charge in [0.2, 0.25) is 0 Å². The zero-order chi connectivity index (χ0) is 17.2. The van der Waals surface area contributed by atoms with Gasteiger partial charge in [0.15, 0.2) is 5.65 Å². The molecule has 1 aliphatic rings. The van der Waals surface area contributed by atoms with E-state index in [-0.39, 0.29) is 42.8 Å². The van der Waals surface area contributed by atoms with Gasteiger partial charge in [-0.05, 0) is 43.9 Å². The third-order valence-corrected chi connectivity index (χ3v) is 4.79. The van der Waals surface area contributed by atoms with Crippen LogP contribution in [0.25, 0.3) is 16.9 Å². The van der Waals surface area contributed by atoms with Crippen LogP contribution in [0.3, 0.4) is 0 Å². The topological polar surface area (TPSA) is 85.8 Å². The summed E-state index contributed by atoms with van der Waals surface area (Å²) in [5.74, 6) is -0.0934. The fraction of sp³-hybridized carbons (Fsp3) is 0.316. The lowest BCUT2D eigenvalue weighted by Crippen LogP contribution is -2.40. The quantitative estimate of drug-likeness (QED) is 0.697. The van der Waals surface area contributed by atoms with Crippen molar-refractivity contribution >= 4 is 41.9 Å². The molecule has 144 valence electrons. The summed E-state index contributed by atoms with van der Waals surface area (Å²) < 4.78 is 1.92. The monoisotopic (exact) mass is 407 g/mol. The van der Waals surface area contributed by atoms with E-state index in [9.17, 15) is 4.79 Å². The molecule has 4 rings (SSSR count). The zero-order valence-electron chi connectivity index (χ0n) is 14.7. The Labute approximate surface area is 170 Å². The number of pyridine rings is 1. The van der Waals surface area contributed by atoms with Gasteiger partial charge in [-0.25, -0.2) is 9.97 Å². The first-order chi connectivity index (χ1) is 12.2. The van der Waals surface area contributed by atoms with Crippen LogP contribution >= 0.6 is 24.8 Å². The highest BCUT2D eigenvalue weighted by Crippen LogP contribution is 2.19. The molecule has 0 unspecified atom stereocenters. The molecule has 2 aromatic heterocycles. The molecule has 0 radical (unpaired) electrons. The predicted molar refractivity (Wildman–Crippen MR) is 111 cm³/mol. The van der Waals surface area contributed by atoms with Crippen LogP contribution in [0.15, 0.2) is 48.9 Å². The van der Waals surface area contributed by atoms with E-state index in [1.165, 1.54) is 0 Å². The number of imidazole rings is 1. The average Bonchev–Trinajstić information content (AvgIpc) is 3.07. The number of hydrogen-bond donors (Lipinski definition) is 2. The molecule has 6 nitrogen and oxygen atoms in total. The van der Waals surface area contributed by atoms with Crippen LogP contribution in [-0.2, 0) is 0 Å². The first-order valence-corrected chi connectivity index (χ1v) is 8.65. The molecule has 1 fully saturated rings. The van der Waals surface area contributed by atoms with Crippen LogP contribution in [0.5, 0.6) is 0 Å². The summed E-state index contributed by atoms with van der Waals surface area (Å²) in [6.45, 7) is 0. The van der Waals surface area contributed by atoms with E-state index in [1.54, 1.807) is 18.6 Å². The lowest BCUT2D eigenvalue weighted by atomic mass is 9.91. The van der Waals surface area contributed by atoms with Gasteiger partial charge in [0.25, 0.3) is 5.91 Å². The molecule has 27 heavy (non-hydrogen) atoms. The van der Waals surface area contributed by atoms with Gasteiger partial charge in [0, 0.05) is 24.0 Å². The maximum absolute atomic E-state index is 12.5. The molecule has 3 N–H and O–H groups in total. The number of carbonyl (C=O) groups is 1. The van der Waals surface area contributed by atoms with E-state index in [1.807, 2.05) is 34.9 Å². The summed E-state index contributed by atoms with van der Waals surface area (Å²) in [4.78, 5) is 21.4. The minimum absolute atomic E-state index is 0. The van der Waals surface area contributed by atoms with Crippen molar-refractivity contribution in [3.63, 3.8) is 0 Å². The van der Waals surface area contributed by atoms with E-state index < -0.39 is 0 Å². The van der Waals surface area contributed by atoms with Gasteiger partial charge in [-0.1, -0.05) is 18.2 Å². The Morgan fingerprint density at radius 3 is 2.48 bits per heavy atom. The number of rotatable bonds is 3. The zero-order valence-corrected chi connectivity index (χ0v) is 16.4. The Hall–Kier alpha value is -2.15. The summed E-state index contributed by atoms with van der Waals surface area (Å²) in [6, 6.07) is 12.2. The smallest absolute Gasteiger partial charge is 0.253 e. The van der Waals surface area contributed by atoms with Crippen molar-refractivity contribution in [2.45, 2.75) is 37.8 Å². The van der Waals surface area contributed by atoms with Crippen molar-refractivity contribution in [1.29, 1.82) is 0 Å². The second-order valence-corrected chi connectivity index (χ2v) is 6.60. The van der Waals surface area contributed by atoms with Crippen LogP contribution in [0.4, 0.5) is 0 Å². The van der Waals surface area contributed by atoms with Gasteiger partial charge in [-0.15, -0.1) is 24.8 Å². The van der Waals surface area contributed by atoms with E-state index >= 15 is 0 Å². The van der Waals surface area contributed by atoms with Crippen LogP contribution in [-0.4, -0.2) is 32.5 Å². The molecule has 2 heterocycles. The summed E-state index contributed by atoms with van der Waals surface area (Å²) in [5.41, 5.74) is 8.91. The lowest BCUT2D eigenvalue weighted by Gasteiger charge is -2.26. The Kier molecular flexibility index (Phi) is 7.18. The lowest BCUT2D eigenvalue weighted by molar-refractivity contribution is 0.0925. The van der Waals surface area contributed by atoms with Crippen molar-refractivity contribution in [2.24, 2.45) is 5.73 Å². The van der Waals surface area contributed by atoms with E-state index in [0.29, 0.717) is 11.1 Å². The van der Waals surface area contributed by atoms with Crippen molar-refractivity contribution in [1.82, 2.24) is 19.9 Å². The highest BCUT2D eigenvalue weighted by molar-refractivity contribution is 5.96. The average molecular weight is 408 g/mol. The molecule has 0 saturated heterocycles. The van der Waals surface area contributed by atoms with Gasteiger partial charge in [0.05, 0.1) is 5.56 Å². The molecule has 1 amide bonds. The van der Waals surface area contributed by atoms with Gasteiger partial charge in [-0.3, -0.25) is 9.36 Å². The molecule has 1 saturated carbocycles. The van der Waals surface area contributed by atoms with Crippen LogP contribution in [0.2, 0.25) is 0 Å². The molecule has 3 aromatic rings. The van der Waals surface area contributed by atoms with Crippen molar-refractivity contribution in [3.05, 3.63) is 54.5 Å². The Morgan fingerprint density at radius 1 is 1.07 bits per heavy atom. The third kappa shape index (κ3) is 4.58. The van der Waals surface area contributed by atoms with E-state index in [0.717, 1.165) is 37.0 Å². The number of benzene rings is 1. The number of nitrogens with zero attached hydrogens (tertiary/aromatic N) is 3. The molecule has 8 heteroatoms. The second-order valence-electron chi connectivity index (χ2n) is 6.60. The molecule has 0 aliphatic heterocycles. The highest BCUT2D eigenvalue weighted by atomic mass is 35.5. The number of aromatic nitrogens is 3. The van der Waals surface area contributed by atoms with Crippen LogP contribution in [0, 0.1) is 0 Å². The first kappa shape index (κ1) is 21.2. The summed E-state index contributed by atoms with van der Waals surface area (Å²) in [6.07, 6.45) is 7.15. The van der Waals surface area contributed by atoms with Crippen molar-refractivity contribution in [2.75, 3.05) is 0 Å². The fourth-order valence-corrected chi connectivity index (χ4v) is 3.34. The van der Waals surface area contributed by atoms with Gasteiger partial charge < -0.3 is 11.1 Å². The first-order valence-electron chi connectivity index (χ1n) is 8.65. The molecule has 1 aliphatic carbocycles. The van der Waals surface area contributed by atoms with Crippen molar-refractivity contribution in [3.8, 4) is 5.69 Å². The van der Waals surface area contributed by atoms with Gasteiger partial charge in [0.1, 0.15) is 11.8 Å². The second kappa shape index (κ2) is 9.17. The van der Waals surface area contributed by atoms with Crippen molar-refractivity contribution < 1.29 is 4.79 Å². The van der Waals surface area contributed by atoms with Crippen LogP contribution < -0.4 is 11.1 Å². The number of carbonyl (C=O) groups excluding carboxylic acids is 1. The number of hydrogen-bond acceptors (Lipinski definition) is 4. The fourth-order valence-electron chi connectivity index (χ4n) is 3.34. The Balaban J connectivity index is 0.00000131. The van der Waals surface area contributed by atoms with Gasteiger partial charge >= 0.3 is 0 Å². The number of para-hydroxylation sites is 1. The predicted octanol–water partition coefficient (Wildman–Crippen LogP) is 3.26. The maximum Gasteiger partial charge on any atom is 0.253 e. The van der Waals surface area contributed by atoms with E-state index in [4.69, 9.17) is 5.73 Å². The standard InChI is InChI=1S/C19H21N5O.2ClH/c20-14-6-8-15(9-7-14)23-19(25)13-10-17-18(21-11-13)24(12-22-17)16-4-2-1-3-5-16;;/h1-5,10-12,14-15H,6-9,20H2,(H,23,25);2*1H. The minimum Gasteiger partial charge on any atom is -0.349 e. The number of nitrogens with two attached hydrogens (primary N) is 1. The SMILES string of the molecule is Cl.Cl.NC1CCC(NC(=O)c2cnc3c(c2)ncn3-c2ccccc2)CC1. The summed E-state index contributed by atoms with van der Waals surface area (Å²) in [5, 5.41) is 3.09. The van der Waals surface area contributed by atoms with Gasteiger partial charge in [-0.2, -0.15) is 0 Å². The molecule has 0 atom stereocenters. The minimum atomic E-state index is -0.0934. The number of halogens is 2. The number of nitrogens with one attached hydrogen (secondary N) is 1.